The van der Waals surface area contributed by atoms with Gasteiger partial charge in [0.05, 0.1) is 6.61 Å². The van der Waals surface area contributed by atoms with Gasteiger partial charge in [0.25, 0.3) is 0 Å². The van der Waals surface area contributed by atoms with E-state index in [9.17, 15) is 5.11 Å². The van der Waals surface area contributed by atoms with Gasteiger partial charge in [-0.2, -0.15) is 0 Å². The molecule has 2 rings (SSSR count). The van der Waals surface area contributed by atoms with E-state index in [0.29, 0.717) is 18.8 Å². The molecule has 2 atom stereocenters. The van der Waals surface area contributed by atoms with Crippen LogP contribution in [0.1, 0.15) is 12.8 Å². The van der Waals surface area contributed by atoms with Gasteiger partial charge in [0.15, 0.2) is 0 Å². The van der Waals surface area contributed by atoms with Gasteiger partial charge < -0.3 is 19.7 Å². The summed E-state index contributed by atoms with van der Waals surface area (Å²) in [4.78, 5) is 0. The molecular weight excluding hydrogens is 423 g/mol. The van der Waals surface area contributed by atoms with Crippen LogP contribution in [0.4, 0.5) is 0 Å². The Morgan fingerprint density at radius 3 is 2.56 bits per heavy atom. The van der Waals surface area contributed by atoms with Gasteiger partial charge in [0.2, 0.25) is 6.29 Å². The number of benzene rings is 1. The summed E-state index contributed by atoms with van der Waals surface area (Å²) in [6.45, 7) is 0.611. The second-order valence-electron chi connectivity index (χ2n) is 3.56. The van der Waals surface area contributed by atoms with Crippen LogP contribution in [0, 0.1) is 44.1 Å². The third-order valence-electron chi connectivity index (χ3n) is 2.33. The number of phenolic OH excluding ortho intramolecular Hbond substituents is 1. The van der Waals surface area contributed by atoms with Crippen LogP contribution in [0.3, 0.4) is 0 Å². The summed E-state index contributed by atoms with van der Waals surface area (Å²) in [5, 5.41) is 18.7. The Morgan fingerprint density at radius 2 is 1.94 bits per heavy atom. The van der Waals surface area contributed by atoms with Crippen LogP contribution in [0.2, 0.25) is 0 Å². The summed E-state index contributed by atoms with van der Waals surface area (Å²) >= 11 is 0. The number of aliphatic hydroxyl groups excluding tert-OH is 1. The predicted molar refractivity (Wildman–Crippen MR) is 53.7 cm³/mol. The minimum absolute atomic E-state index is 0. The molecule has 1 aromatic carbocycles. The van der Waals surface area contributed by atoms with E-state index in [4.69, 9.17) is 14.6 Å². The van der Waals surface area contributed by atoms with Gasteiger partial charge in [0, 0.05) is 44.1 Å². The number of phenols is 1. The van der Waals surface area contributed by atoms with Crippen molar-refractivity contribution in [3.05, 3.63) is 24.3 Å². The number of ether oxygens (including phenoxy) is 2. The van der Waals surface area contributed by atoms with Crippen molar-refractivity contribution in [1.29, 1.82) is 0 Å². The minimum atomic E-state index is -0.594. The maximum absolute atomic E-state index is 9.59. The fourth-order valence-electron chi connectivity index (χ4n) is 1.51. The van der Waals surface area contributed by atoms with Crippen LogP contribution in [0.15, 0.2) is 24.3 Å². The van der Waals surface area contributed by atoms with Gasteiger partial charge in [-0.25, -0.2) is 0 Å². The molecule has 0 amide bonds. The summed E-state index contributed by atoms with van der Waals surface area (Å²) in [7, 11) is 0. The standard InChI is InChI=1S/C11H14O4.Ac/c12-8-3-5-9(6-4-8)15-11-10(13)2-1-7-14-11;/h3-6,10-13H,1-2,7H2;. The molecule has 1 saturated heterocycles. The van der Waals surface area contributed by atoms with E-state index in [-0.39, 0.29) is 49.8 Å². The normalized spacial score (nSPS) is 24.6. The van der Waals surface area contributed by atoms with Crippen molar-refractivity contribution in [2.45, 2.75) is 25.2 Å². The van der Waals surface area contributed by atoms with Crippen LogP contribution in [-0.2, 0) is 4.74 Å². The Morgan fingerprint density at radius 1 is 1.25 bits per heavy atom. The molecule has 0 aliphatic carbocycles. The van der Waals surface area contributed by atoms with E-state index in [1.807, 2.05) is 0 Å². The van der Waals surface area contributed by atoms with E-state index in [0.717, 1.165) is 6.42 Å². The van der Waals surface area contributed by atoms with Gasteiger partial charge in [-0.1, -0.05) is 0 Å². The molecule has 1 aromatic rings. The third-order valence-corrected chi connectivity index (χ3v) is 2.33. The molecular formula is C11H14AcO4. The van der Waals surface area contributed by atoms with Gasteiger partial charge in [-0.15, -0.1) is 0 Å². The molecule has 0 bridgehead atoms. The maximum atomic E-state index is 9.59. The third kappa shape index (κ3) is 3.89. The summed E-state index contributed by atoms with van der Waals surface area (Å²) in [5.41, 5.74) is 0. The van der Waals surface area contributed by atoms with E-state index in [1.165, 1.54) is 12.1 Å². The molecule has 85 valence electrons. The van der Waals surface area contributed by atoms with Gasteiger partial charge >= 0.3 is 0 Å². The van der Waals surface area contributed by atoms with Gasteiger partial charge in [-0.3, -0.25) is 0 Å². The minimum Gasteiger partial charge on any atom is -0.508 e. The first kappa shape index (κ1) is 14.2. The molecule has 2 unspecified atom stereocenters. The Labute approximate surface area is 130 Å². The average Bonchev–Trinajstić information content (AvgIpc) is 2.25. The first-order chi connectivity index (χ1) is 7.25. The van der Waals surface area contributed by atoms with Crippen molar-refractivity contribution in [3.8, 4) is 11.5 Å². The molecule has 1 aliphatic heterocycles. The molecule has 0 saturated carbocycles. The second-order valence-corrected chi connectivity index (χ2v) is 3.56. The number of hydrogen-bond donors (Lipinski definition) is 2. The quantitative estimate of drug-likeness (QED) is 0.732. The molecule has 1 aliphatic rings. The van der Waals surface area contributed by atoms with Crippen molar-refractivity contribution in [1.82, 2.24) is 0 Å². The molecule has 0 aromatic heterocycles. The molecule has 1 fully saturated rings. The SMILES string of the molecule is Oc1ccc(OC2OCCCC2O)cc1.[Ac]. The Balaban J connectivity index is 0.00000128. The van der Waals surface area contributed by atoms with Crippen LogP contribution >= 0.6 is 0 Å². The van der Waals surface area contributed by atoms with Crippen molar-refractivity contribution in [2.24, 2.45) is 0 Å². The molecule has 5 heteroatoms. The molecule has 16 heavy (non-hydrogen) atoms. The number of aromatic hydroxyl groups is 1. The Kier molecular flexibility index (Phi) is 6.06. The molecule has 2 N–H and O–H groups in total. The Bertz CT molecular complexity index is 314. The van der Waals surface area contributed by atoms with Crippen LogP contribution in [0.5, 0.6) is 11.5 Å². The average molecular weight is 437 g/mol. The summed E-state index contributed by atoms with van der Waals surface area (Å²) in [5.74, 6) is 0.770. The summed E-state index contributed by atoms with van der Waals surface area (Å²) < 4.78 is 10.7. The molecule has 0 spiro atoms. The molecule has 1 radical (unpaired) electrons. The van der Waals surface area contributed by atoms with E-state index >= 15 is 0 Å². The first-order valence-corrected chi connectivity index (χ1v) is 5.01. The van der Waals surface area contributed by atoms with Crippen molar-refractivity contribution in [3.63, 3.8) is 0 Å². The molecule has 1 heterocycles. The number of aliphatic hydroxyl groups is 1. The smallest absolute Gasteiger partial charge is 0.226 e. The van der Waals surface area contributed by atoms with Gasteiger partial charge in [0.1, 0.15) is 17.6 Å². The fraction of sp³-hybridized carbons (Fsp3) is 0.455. The summed E-state index contributed by atoms with van der Waals surface area (Å²) in [6.07, 6.45) is 0.384. The van der Waals surface area contributed by atoms with Crippen LogP contribution < -0.4 is 4.74 Å². The van der Waals surface area contributed by atoms with Crippen LogP contribution in [0.25, 0.3) is 0 Å². The number of rotatable bonds is 2. The fourth-order valence-corrected chi connectivity index (χ4v) is 1.51. The van der Waals surface area contributed by atoms with Gasteiger partial charge in [-0.05, 0) is 37.1 Å². The van der Waals surface area contributed by atoms with Crippen molar-refractivity contribution < 1.29 is 63.7 Å². The number of hydrogen-bond acceptors (Lipinski definition) is 4. The van der Waals surface area contributed by atoms with E-state index in [2.05, 4.69) is 0 Å². The zero-order chi connectivity index (χ0) is 10.7. The maximum Gasteiger partial charge on any atom is 0.226 e. The monoisotopic (exact) mass is 437 g/mol. The molecule has 4 nitrogen and oxygen atoms in total. The van der Waals surface area contributed by atoms with Crippen molar-refractivity contribution in [2.75, 3.05) is 6.61 Å². The second kappa shape index (κ2) is 6.81. The van der Waals surface area contributed by atoms with Crippen molar-refractivity contribution >= 4 is 0 Å². The van der Waals surface area contributed by atoms with E-state index < -0.39 is 12.4 Å². The van der Waals surface area contributed by atoms with Crippen LogP contribution in [-0.4, -0.2) is 29.2 Å². The Hall–Kier alpha value is 0.182. The zero-order valence-electron chi connectivity index (χ0n) is 8.87. The zero-order valence-corrected chi connectivity index (χ0v) is 13.6. The predicted octanol–water partition coefficient (Wildman–Crippen LogP) is 1.27. The topological polar surface area (TPSA) is 58.9 Å². The summed E-state index contributed by atoms with van der Waals surface area (Å²) in [6, 6.07) is 6.34. The van der Waals surface area contributed by atoms with E-state index in [1.54, 1.807) is 12.1 Å². The first-order valence-electron chi connectivity index (χ1n) is 5.01. The largest absolute Gasteiger partial charge is 0.508 e.